The van der Waals surface area contributed by atoms with Crippen molar-refractivity contribution >= 4 is 29.3 Å². The van der Waals surface area contributed by atoms with Gasteiger partial charge >= 0.3 is 0 Å². The van der Waals surface area contributed by atoms with Gasteiger partial charge in [0.25, 0.3) is 5.91 Å². The number of carbonyl (C=O) groups is 1. The number of carbonyl (C=O) groups excluding carboxylic acids is 1. The van der Waals surface area contributed by atoms with Crippen LogP contribution in [0.4, 0.5) is 10.1 Å². The first-order chi connectivity index (χ1) is 14.0. The zero-order chi connectivity index (χ0) is 20.8. The number of nitrogens with one attached hydrogen (secondary N) is 1. The lowest BCUT2D eigenvalue weighted by atomic mass is 9.98. The van der Waals surface area contributed by atoms with Crippen molar-refractivity contribution in [2.45, 2.75) is 13.3 Å². The van der Waals surface area contributed by atoms with E-state index in [-0.39, 0.29) is 11.4 Å². The molecule has 3 nitrogen and oxygen atoms in total. The fourth-order valence-electron chi connectivity index (χ4n) is 2.93. The molecule has 5 heteroatoms. The van der Waals surface area contributed by atoms with Crippen molar-refractivity contribution < 1.29 is 9.18 Å². The van der Waals surface area contributed by atoms with E-state index in [9.17, 15) is 14.4 Å². The van der Waals surface area contributed by atoms with E-state index in [2.05, 4.69) is 5.32 Å². The van der Waals surface area contributed by atoms with Gasteiger partial charge in [-0.15, -0.1) is 0 Å². The van der Waals surface area contributed by atoms with E-state index in [1.807, 2.05) is 31.2 Å². The minimum Gasteiger partial charge on any atom is -0.321 e. The SMILES string of the molecule is Cc1cccc(NC(=O)/C(C#N)=C/c2cc(Cl)ccc2Cc2ccccc2F)c1. The van der Waals surface area contributed by atoms with E-state index in [4.69, 9.17) is 11.6 Å². The summed E-state index contributed by atoms with van der Waals surface area (Å²) in [6.07, 6.45) is 1.79. The van der Waals surface area contributed by atoms with E-state index in [0.29, 0.717) is 28.3 Å². The maximum Gasteiger partial charge on any atom is 0.266 e. The van der Waals surface area contributed by atoms with Crippen LogP contribution in [0, 0.1) is 24.1 Å². The fourth-order valence-corrected chi connectivity index (χ4v) is 3.11. The minimum absolute atomic E-state index is 0.0662. The van der Waals surface area contributed by atoms with Crippen molar-refractivity contribution in [2.24, 2.45) is 0 Å². The molecule has 0 aliphatic carbocycles. The molecule has 3 aromatic rings. The van der Waals surface area contributed by atoms with Crippen LogP contribution in [0.25, 0.3) is 6.08 Å². The highest BCUT2D eigenvalue weighted by Gasteiger charge is 2.12. The third-order valence-corrected chi connectivity index (χ3v) is 4.62. The van der Waals surface area contributed by atoms with E-state index < -0.39 is 5.91 Å². The molecule has 3 rings (SSSR count). The van der Waals surface area contributed by atoms with Gasteiger partial charge in [-0.3, -0.25) is 4.79 Å². The molecule has 0 bridgehead atoms. The number of halogens is 2. The maximum atomic E-state index is 14.1. The highest BCUT2D eigenvalue weighted by atomic mass is 35.5. The summed E-state index contributed by atoms with van der Waals surface area (Å²) in [7, 11) is 0. The van der Waals surface area contributed by atoms with Crippen molar-refractivity contribution in [3.8, 4) is 6.07 Å². The average molecular weight is 405 g/mol. The Morgan fingerprint density at radius 2 is 1.90 bits per heavy atom. The maximum absolute atomic E-state index is 14.1. The van der Waals surface area contributed by atoms with Gasteiger partial charge in [-0.2, -0.15) is 5.26 Å². The van der Waals surface area contributed by atoms with Crippen LogP contribution in [0.5, 0.6) is 0 Å². The number of hydrogen-bond acceptors (Lipinski definition) is 2. The smallest absolute Gasteiger partial charge is 0.266 e. The van der Waals surface area contributed by atoms with Crippen LogP contribution in [-0.4, -0.2) is 5.91 Å². The number of anilines is 1. The molecule has 0 atom stereocenters. The van der Waals surface area contributed by atoms with Gasteiger partial charge < -0.3 is 5.32 Å². The van der Waals surface area contributed by atoms with Gasteiger partial charge in [-0.05, 0) is 65.6 Å². The second kappa shape index (κ2) is 9.18. The highest BCUT2D eigenvalue weighted by Crippen LogP contribution is 2.23. The van der Waals surface area contributed by atoms with Gasteiger partial charge in [0.1, 0.15) is 17.5 Å². The summed E-state index contributed by atoms with van der Waals surface area (Å²) >= 11 is 6.12. The largest absolute Gasteiger partial charge is 0.321 e. The lowest BCUT2D eigenvalue weighted by molar-refractivity contribution is -0.112. The van der Waals surface area contributed by atoms with Crippen LogP contribution in [0.2, 0.25) is 5.02 Å². The Bertz CT molecular complexity index is 1130. The lowest BCUT2D eigenvalue weighted by Gasteiger charge is -2.09. The molecule has 0 unspecified atom stereocenters. The molecule has 0 saturated heterocycles. The first-order valence-corrected chi connectivity index (χ1v) is 9.35. The zero-order valence-electron chi connectivity index (χ0n) is 15.7. The molecule has 144 valence electrons. The molecule has 0 fully saturated rings. The van der Waals surface area contributed by atoms with Crippen molar-refractivity contribution in [2.75, 3.05) is 5.32 Å². The summed E-state index contributed by atoms with van der Waals surface area (Å²) in [6.45, 7) is 1.91. The molecule has 0 spiro atoms. The minimum atomic E-state index is -0.519. The molecule has 0 heterocycles. The Morgan fingerprint density at radius 3 is 2.62 bits per heavy atom. The number of hydrogen-bond donors (Lipinski definition) is 1. The van der Waals surface area contributed by atoms with E-state index in [0.717, 1.165) is 11.1 Å². The van der Waals surface area contributed by atoms with Gasteiger partial charge in [0, 0.05) is 17.1 Å². The van der Waals surface area contributed by atoms with Crippen LogP contribution >= 0.6 is 11.6 Å². The Kier molecular flexibility index (Phi) is 6.43. The van der Waals surface area contributed by atoms with Crippen molar-refractivity contribution in [3.63, 3.8) is 0 Å². The van der Waals surface area contributed by atoms with Gasteiger partial charge in [-0.25, -0.2) is 4.39 Å². The standard InChI is InChI=1S/C24H18ClFN2O/c1-16-5-4-7-22(11-16)28-24(29)20(15-27)13-19-14-21(25)10-9-17(19)12-18-6-2-3-8-23(18)26/h2-11,13-14H,12H2,1H3,(H,28,29)/b20-13+. The molecule has 1 N–H and O–H groups in total. The molecule has 3 aromatic carbocycles. The second-order valence-corrected chi connectivity index (χ2v) is 7.04. The van der Waals surface area contributed by atoms with Gasteiger partial charge in [0.15, 0.2) is 0 Å². The van der Waals surface area contributed by atoms with Crippen LogP contribution in [0.1, 0.15) is 22.3 Å². The normalized spacial score (nSPS) is 11.0. The summed E-state index contributed by atoms with van der Waals surface area (Å²) in [4.78, 5) is 12.6. The molecule has 0 radical (unpaired) electrons. The Labute approximate surface area is 174 Å². The van der Waals surface area contributed by atoms with Crippen LogP contribution in [-0.2, 0) is 11.2 Å². The van der Waals surface area contributed by atoms with Crippen molar-refractivity contribution in [1.82, 2.24) is 0 Å². The summed E-state index contributed by atoms with van der Waals surface area (Å²) in [5.41, 5.74) is 3.41. The van der Waals surface area contributed by atoms with E-state index >= 15 is 0 Å². The van der Waals surface area contributed by atoms with Crippen molar-refractivity contribution in [1.29, 1.82) is 5.26 Å². The highest BCUT2D eigenvalue weighted by molar-refractivity contribution is 6.30. The second-order valence-electron chi connectivity index (χ2n) is 6.60. The molecule has 1 amide bonds. The lowest BCUT2D eigenvalue weighted by Crippen LogP contribution is -2.13. The molecule has 0 aromatic heterocycles. The predicted molar refractivity (Wildman–Crippen MR) is 114 cm³/mol. The zero-order valence-corrected chi connectivity index (χ0v) is 16.5. The molecule has 29 heavy (non-hydrogen) atoms. The van der Waals surface area contributed by atoms with Gasteiger partial charge in [0.05, 0.1) is 0 Å². The Hall–Kier alpha value is -3.42. The number of amides is 1. The molecular formula is C24H18ClFN2O. The van der Waals surface area contributed by atoms with Crippen LogP contribution in [0.15, 0.2) is 72.3 Å². The fraction of sp³-hybridized carbons (Fsp3) is 0.0833. The van der Waals surface area contributed by atoms with Gasteiger partial charge in [0.2, 0.25) is 0 Å². The Balaban J connectivity index is 1.92. The van der Waals surface area contributed by atoms with E-state index in [1.54, 1.807) is 42.5 Å². The number of rotatable bonds is 5. The average Bonchev–Trinajstić information content (AvgIpc) is 2.69. The molecule has 0 saturated carbocycles. The molecule has 0 aliphatic rings. The van der Waals surface area contributed by atoms with Crippen LogP contribution in [0.3, 0.4) is 0 Å². The summed E-state index contributed by atoms with van der Waals surface area (Å²) in [5, 5.41) is 12.7. The first kappa shape index (κ1) is 20.3. The number of benzene rings is 3. The first-order valence-electron chi connectivity index (χ1n) is 8.98. The number of nitriles is 1. The summed E-state index contributed by atoms with van der Waals surface area (Å²) in [6, 6.07) is 20.9. The third-order valence-electron chi connectivity index (χ3n) is 4.39. The topological polar surface area (TPSA) is 52.9 Å². The number of nitrogens with zero attached hydrogens (tertiary/aromatic N) is 1. The summed E-state index contributed by atoms with van der Waals surface area (Å²) < 4.78 is 14.1. The molecular weight excluding hydrogens is 387 g/mol. The van der Waals surface area contributed by atoms with Crippen molar-refractivity contribution in [3.05, 3.63) is 105 Å². The van der Waals surface area contributed by atoms with Gasteiger partial charge in [-0.1, -0.05) is 48.0 Å². The summed E-state index contributed by atoms with van der Waals surface area (Å²) in [5.74, 6) is -0.829. The predicted octanol–water partition coefficient (Wildman–Crippen LogP) is 5.92. The monoisotopic (exact) mass is 404 g/mol. The van der Waals surface area contributed by atoms with Crippen LogP contribution < -0.4 is 5.32 Å². The Morgan fingerprint density at radius 1 is 1.10 bits per heavy atom. The number of aryl methyl sites for hydroxylation is 1. The third kappa shape index (κ3) is 5.31. The molecule has 0 aliphatic heterocycles. The van der Waals surface area contributed by atoms with E-state index in [1.165, 1.54) is 12.1 Å². The quantitative estimate of drug-likeness (QED) is 0.423.